The molecule has 0 aliphatic heterocycles. The van der Waals surface area contributed by atoms with E-state index in [1.807, 2.05) is 55.5 Å². The average Bonchev–Trinajstić information content (AvgIpc) is 3.21. The molecule has 0 saturated heterocycles. The van der Waals surface area contributed by atoms with Crippen LogP contribution in [-0.4, -0.2) is 10.9 Å². The quantitative estimate of drug-likeness (QED) is 0.338. The lowest BCUT2D eigenvalue weighted by Crippen LogP contribution is -2.30. The number of rotatable bonds is 4. The highest BCUT2D eigenvalue weighted by molar-refractivity contribution is 7.22. The second-order valence-corrected chi connectivity index (χ2v) is 9.58. The summed E-state index contributed by atoms with van der Waals surface area (Å²) in [5.74, 6) is -0.0139. The van der Waals surface area contributed by atoms with Crippen LogP contribution in [0.5, 0.6) is 0 Å². The van der Waals surface area contributed by atoms with Crippen molar-refractivity contribution < 1.29 is 4.79 Å². The standard InChI is InChI=1S/C26H23ClN2OS/c1-17-13-22(27)15-23-24(17)28-26(31-23)29(16-18-7-3-2-4-8-18)25(30)21-12-11-19-9-5-6-10-20(19)14-21/h2-4,7-8,11-15H,5-6,9-10,16H2,1H3. The van der Waals surface area contributed by atoms with Crippen LogP contribution < -0.4 is 4.90 Å². The molecule has 5 heteroatoms. The van der Waals surface area contributed by atoms with Gasteiger partial charge in [0.2, 0.25) is 0 Å². The summed E-state index contributed by atoms with van der Waals surface area (Å²) in [6.45, 7) is 2.48. The number of nitrogens with zero attached hydrogens (tertiary/aromatic N) is 2. The zero-order valence-corrected chi connectivity index (χ0v) is 19.0. The summed E-state index contributed by atoms with van der Waals surface area (Å²) in [6.07, 6.45) is 4.58. The van der Waals surface area contributed by atoms with E-state index in [1.165, 1.54) is 35.3 Å². The van der Waals surface area contributed by atoms with Gasteiger partial charge in [-0.3, -0.25) is 9.69 Å². The Labute approximate surface area is 191 Å². The summed E-state index contributed by atoms with van der Waals surface area (Å²) in [4.78, 5) is 20.4. The number of hydrogen-bond donors (Lipinski definition) is 0. The summed E-state index contributed by atoms with van der Waals surface area (Å²) < 4.78 is 0.997. The van der Waals surface area contributed by atoms with Crippen LogP contribution in [-0.2, 0) is 19.4 Å². The molecule has 0 unspecified atom stereocenters. The van der Waals surface area contributed by atoms with E-state index in [0.29, 0.717) is 16.7 Å². The number of halogens is 1. The Bertz CT molecular complexity index is 1270. The summed E-state index contributed by atoms with van der Waals surface area (Å²) in [5, 5.41) is 1.39. The lowest BCUT2D eigenvalue weighted by molar-refractivity contribution is 0.0985. The molecule has 1 heterocycles. The SMILES string of the molecule is Cc1cc(Cl)cc2sc(N(Cc3ccccc3)C(=O)c3ccc4c(c3)CCCC4)nc12. The number of thiazole rings is 1. The van der Waals surface area contributed by atoms with Crippen molar-refractivity contribution >= 4 is 44.2 Å². The minimum atomic E-state index is -0.0139. The van der Waals surface area contributed by atoms with Crippen LogP contribution in [0, 0.1) is 6.92 Å². The Morgan fingerprint density at radius 3 is 2.61 bits per heavy atom. The molecule has 1 aliphatic carbocycles. The van der Waals surface area contributed by atoms with Crippen LogP contribution in [0.25, 0.3) is 10.2 Å². The van der Waals surface area contributed by atoms with Crippen molar-refractivity contribution in [3.8, 4) is 0 Å². The topological polar surface area (TPSA) is 33.2 Å². The third kappa shape index (κ3) is 4.10. The van der Waals surface area contributed by atoms with Crippen LogP contribution in [0.15, 0.2) is 60.7 Å². The monoisotopic (exact) mass is 446 g/mol. The van der Waals surface area contributed by atoms with E-state index in [1.54, 1.807) is 4.90 Å². The van der Waals surface area contributed by atoms with E-state index in [4.69, 9.17) is 16.6 Å². The van der Waals surface area contributed by atoms with Gasteiger partial charge in [-0.1, -0.05) is 59.3 Å². The molecule has 4 aromatic rings. The lowest BCUT2D eigenvalue weighted by Gasteiger charge is -2.22. The second kappa shape index (κ2) is 8.45. The van der Waals surface area contributed by atoms with Gasteiger partial charge in [0, 0.05) is 10.6 Å². The van der Waals surface area contributed by atoms with E-state index >= 15 is 0 Å². The second-order valence-electron chi connectivity index (χ2n) is 8.13. The Kier molecular flexibility index (Phi) is 5.51. The van der Waals surface area contributed by atoms with Gasteiger partial charge in [0.15, 0.2) is 5.13 Å². The van der Waals surface area contributed by atoms with Crippen molar-refractivity contribution in [3.05, 3.63) is 93.5 Å². The fourth-order valence-corrected chi connectivity index (χ4v) is 5.69. The molecular formula is C26H23ClN2OS. The van der Waals surface area contributed by atoms with Gasteiger partial charge >= 0.3 is 0 Å². The Hall–Kier alpha value is -2.69. The van der Waals surface area contributed by atoms with Crippen molar-refractivity contribution in [1.82, 2.24) is 4.98 Å². The maximum atomic E-state index is 13.7. The number of carbonyl (C=O) groups is 1. The maximum absolute atomic E-state index is 13.7. The zero-order valence-electron chi connectivity index (χ0n) is 17.4. The number of aromatic nitrogens is 1. The predicted molar refractivity (Wildman–Crippen MR) is 129 cm³/mol. The number of aryl methyl sites for hydroxylation is 3. The van der Waals surface area contributed by atoms with Crippen molar-refractivity contribution in [3.63, 3.8) is 0 Å². The largest absolute Gasteiger partial charge is 0.279 e. The smallest absolute Gasteiger partial charge is 0.260 e. The number of anilines is 1. The Balaban J connectivity index is 1.57. The minimum Gasteiger partial charge on any atom is -0.279 e. The molecule has 31 heavy (non-hydrogen) atoms. The zero-order chi connectivity index (χ0) is 21.4. The van der Waals surface area contributed by atoms with E-state index < -0.39 is 0 Å². The van der Waals surface area contributed by atoms with Gasteiger partial charge in [-0.2, -0.15) is 0 Å². The molecule has 1 aliphatic rings. The molecule has 0 saturated carbocycles. The molecule has 0 bridgehead atoms. The van der Waals surface area contributed by atoms with Crippen molar-refractivity contribution in [2.24, 2.45) is 0 Å². The maximum Gasteiger partial charge on any atom is 0.260 e. The van der Waals surface area contributed by atoms with Crippen molar-refractivity contribution in [2.75, 3.05) is 4.90 Å². The third-order valence-electron chi connectivity index (χ3n) is 5.89. The number of benzene rings is 3. The number of hydrogen-bond acceptors (Lipinski definition) is 3. The summed E-state index contributed by atoms with van der Waals surface area (Å²) >= 11 is 7.78. The molecule has 1 amide bonds. The fraction of sp³-hybridized carbons (Fsp3) is 0.231. The Morgan fingerprint density at radius 2 is 1.81 bits per heavy atom. The first-order valence-corrected chi connectivity index (χ1v) is 11.8. The molecular weight excluding hydrogens is 424 g/mol. The molecule has 0 fully saturated rings. The van der Waals surface area contributed by atoms with Crippen LogP contribution >= 0.6 is 22.9 Å². The number of amides is 1. The van der Waals surface area contributed by atoms with Gasteiger partial charge in [0.05, 0.1) is 16.8 Å². The van der Waals surface area contributed by atoms with Crippen LogP contribution in [0.4, 0.5) is 5.13 Å². The van der Waals surface area contributed by atoms with Crippen molar-refractivity contribution in [2.45, 2.75) is 39.2 Å². The highest BCUT2D eigenvalue weighted by Gasteiger charge is 2.23. The molecule has 1 aromatic heterocycles. The van der Waals surface area contributed by atoms with E-state index in [-0.39, 0.29) is 5.91 Å². The molecule has 3 nitrogen and oxygen atoms in total. The lowest BCUT2D eigenvalue weighted by atomic mass is 9.90. The van der Waals surface area contributed by atoms with Gasteiger partial charge in [0.25, 0.3) is 5.91 Å². The summed E-state index contributed by atoms with van der Waals surface area (Å²) in [5.41, 5.74) is 6.41. The summed E-state index contributed by atoms with van der Waals surface area (Å²) in [7, 11) is 0. The fourth-order valence-electron chi connectivity index (χ4n) is 4.27. The van der Waals surface area contributed by atoms with Gasteiger partial charge in [0.1, 0.15) is 0 Å². The van der Waals surface area contributed by atoms with Crippen LogP contribution in [0.2, 0.25) is 5.02 Å². The van der Waals surface area contributed by atoms with Gasteiger partial charge in [-0.05, 0) is 79.1 Å². The van der Waals surface area contributed by atoms with E-state index in [2.05, 4.69) is 12.1 Å². The number of fused-ring (bicyclic) bond motifs is 2. The molecule has 5 rings (SSSR count). The average molecular weight is 447 g/mol. The Morgan fingerprint density at radius 1 is 1.03 bits per heavy atom. The molecule has 156 valence electrons. The molecule has 3 aromatic carbocycles. The molecule has 0 atom stereocenters. The van der Waals surface area contributed by atoms with Gasteiger partial charge in [-0.25, -0.2) is 4.98 Å². The normalized spacial score (nSPS) is 13.2. The van der Waals surface area contributed by atoms with Gasteiger partial charge < -0.3 is 0 Å². The van der Waals surface area contributed by atoms with Crippen LogP contribution in [0.3, 0.4) is 0 Å². The molecule has 0 radical (unpaired) electrons. The highest BCUT2D eigenvalue weighted by atomic mass is 35.5. The summed E-state index contributed by atoms with van der Waals surface area (Å²) in [6, 6.07) is 20.1. The predicted octanol–water partition coefficient (Wildman–Crippen LogP) is 6.98. The first-order valence-electron chi connectivity index (χ1n) is 10.6. The molecule has 0 N–H and O–H groups in total. The third-order valence-corrected chi connectivity index (χ3v) is 7.14. The van der Waals surface area contributed by atoms with E-state index in [0.717, 1.165) is 39.7 Å². The first-order chi connectivity index (χ1) is 15.1. The van der Waals surface area contributed by atoms with Gasteiger partial charge in [-0.15, -0.1) is 0 Å². The first kappa shape index (κ1) is 20.2. The van der Waals surface area contributed by atoms with Crippen molar-refractivity contribution in [1.29, 1.82) is 0 Å². The van der Waals surface area contributed by atoms with Crippen LogP contribution in [0.1, 0.15) is 45.5 Å². The van der Waals surface area contributed by atoms with E-state index in [9.17, 15) is 4.79 Å². The minimum absolute atomic E-state index is 0.0139. The molecule has 0 spiro atoms. The number of carbonyl (C=O) groups excluding carboxylic acids is 1. The highest BCUT2D eigenvalue weighted by Crippen LogP contribution is 2.34.